The first-order chi connectivity index (χ1) is 20.6. The van der Waals surface area contributed by atoms with Crippen molar-refractivity contribution in [2.75, 3.05) is 62.0 Å². The van der Waals surface area contributed by atoms with Gasteiger partial charge in [0.15, 0.2) is 11.6 Å². The highest BCUT2D eigenvalue weighted by atomic mass is 19.3. The van der Waals surface area contributed by atoms with Crippen molar-refractivity contribution in [2.45, 2.75) is 25.8 Å². The maximum absolute atomic E-state index is 16.4. The lowest BCUT2D eigenvalue weighted by Crippen LogP contribution is -2.50. The highest BCUT2D eigenvalue weighted by molar-refractivity contribution is 6.07. The second-order valence-corrected chi connectivity index (χ2v) is 10.5. The summed E-state index contributed by atoms with van der Waals surface area (Å²) in [5, 5.41) is 2.42. The molecule has 43 heavy (non-hydrogen) atoms. The Morgan fingerprint density at radius 2 is 1.88 bits per heavy atom. The fourth-order valence-corrected chi connectivity index (χ4v) is 5.24. The molecule has 0 aliphatic carbocycles. The van der Waals surface area contributed by atoms with Crippen molar-refractivity contribution >= 4 is 28.8 Å². The van der Waals surface area contributed by atoms with Crippen LogP contribution in [-0.2, 0) is 0 Å². The zero-order valence-corrected chi connectivity index (χ0v) is 23.8. The van der Waals surface area contributed by atoms with Gasteiger partial charge < -0.3 is 29.7 Å². The van der Waals surface area contributed by atoms with E-state index < -0.39 is 40.7 Å². The number of amides is 1. The van der Waals surface area contributed by atoms with Gasteiger partial charge in [0.25, 0.3) is 12.3 Å². The van der Waals surface area contributed by atoms with Crippen LogP contribution in [-0.4, -0.2) is 78.7 Å². The summed E-state index contributed by atoms with van der Waals surface area (Å²) in [6.45, 7) is 4.04. The third-order valence-electron chi connectivity index (χ3n) is 7.84. The molecule has 1 amide bonds. The average molecular weight is 602 g/mol. The molecule has 0 saturated carbocycles. The van der Waals surface area contributed by atoms with E-state index in [-0.39, 0.29) is 35.9 Å². The van der Waals surface area contributed by atoms with Gasteiger partial charge in [0, 0.05) is 62.7 Å². The SMILES string of the molecule is COc1cnc(N2CC=C(c3c(F)cc(N4CCN(C)C(C)C4)c(NC(=O)c4c[nH]c(=O)cc4C(F)F)c3F)CC2)nc1. The number of H-pyrrole nitrogens is 1. The summed E-state index contributed by atoms with van der Waals surface area (Å²) in [6, 6.07) is 1.84. The highest BCUT2D eigenvalue weighted by Crippen LogP contribution is 2.39. The van der Waals surface area contributed by atoms with Crippen LogP contribution in [0.1, 0.15) is 41.3 Å². The van der Waals surface area contributed by atoms with Crippen LogP contribution in [0.5, 0.6) is 5.75 Å². The van der Waals surface area contributed by atoms with Crippen LogP contribution in [0.4, 0.5) is 34.9 Å². The molecule has 1 saturated heterocycles. The summed E-state index contributed by atoms with van der Waals surface area (Å²) < 4.78 is 64.6. The van der Waals surface area contributed by atoms with E-state index in [1.165, 1.54) is 25.6 Å². The Hall–Kier alpha value is -4.46. The molecule has 1 unspecified atom stereocenters. The summed E-state index contributed by atoms with van der Waals surface area (Å²) in [7, 11) is 3.44. The molecule has 3 aromatic rings. The molecule has 2 aromatic heterocycles. The third kappa shape index (κ3) is 6.19. The molecule has 14 heteroatoms. The van der Waals surface area contributed by atoms with Crippen molar-refractivity contribution in [3.8, 4) is 5.75 Å². The summed E-state index contributed by atoms with van der Waals surface area (Å²) in [4.78, 5) is 41.3. The van der Waals surface area contributed by atoms with Gasteiger partial charge in [-0.15, -0.1) is 0 Å². The summed E-state index contributed by atoms with van der Waals surface area (Å²) >= 11 is 0. The van der Waals surface area contributed by atoms with Gasteiger partial charge in [-0.3, -0.25) is 9.59 Å². The number of hydrogen-bond acceptors (Lipinski definition) is 8. The maximum atomic E-state index is 16.4. The summed E-state index contributed by atoms with van der Waals surface area (Å²) in [5.74, 6) is -1.96. The second-order valence-electron chi connectivity index (χ2n) is 10.5. The molecule has 1 atom stereocenters. The number of carbonyl (C=O) groups excluding carboxylic acids is 1. The number of ether oxygens (including phenoxy) is 1. The number of rotatable bonds is 7. The number of aromatic nitrogens is 3. The van der Waals surface area contributed by atoms with E-state index >= 15 is 8.78 Å². The van der Waals surface area contributed by atoms with Crippen LogP contribution >= 0.6 is 0 Å². The molecule has 0 spiro atoms. The molecule has 0 bridgehead atoms. The van der Waals surface area contributed by atoms with Gasteiger partial charge in [0.05, 0.1) is 36.3 Å². The molecule has 0 radical (unpaired) electrons. The zero-order chi connectivity index (χ0) is 30.8. The minimum Gasteiger partial charge on any atom is -0.494 e. The summed E-state index contributed by atoms with van der Waals surface area (Å²) in [5.41, 5.74) is -2.30. The van der Waals surface area contributed by atoms with Gasteiger partial charge in [-0.1, -0.05) is 6.08 Å². The quantitative estimate of drug-likeness (QED) is 0.391. The molecular formula is C29H31F4N7O3. The minimum absolute atomic E-state index is 0.0416. The lowest BCUT2D eigenvalue weighted by atomic mass is 9.96. The number of benzene rings is 1. The lowest BCUT2D eigenvalue weighted by molar-refractivity contribution is 0.101. The minimum atomic E-state index is -3.13. The maximum Gasteiger partial charge on any atom is 0.264 e. The fraction of sp³-hybridized carbons (Fsp3) is 0.379. The van der Waals surface area contributed by atoms with Crippen LogP contribution in [0.15, 0.2) is 41.6 Å². The number of pyridine rings is 1. The van der Waals surface area contributed by atoms with Gasteiger partial charge in [0.2, 0.25) is 11.5 Å². The Kier molecular flexibility index (Phi) is 8.67. The number of aromatic amines is 1. The van der Waals surface area contributed by atoms with E-state index in [1.807, 2.05) is 18.9 Å². The number of nitrogens with zero attached hydrogens (tertiary/aromatic N) is 5. The number of anilines is 3. The molecule has 228 valence electrons. The number of methoxy groups -OCH3 is 1. The number of piperazine rings is 1. The molecule has 2 aliphatic rings. The summed E-state index contributed by atoms with van der Waals surface area (Å²) in [6.07, 6.45) is 2.69. The van der Waals surface area contributed by atoms with Gasteiger partial charge in [-0.2, -0.15) is 0 Å². The van der Waals surface area contributed by atoms with E-state index in [9.17, 15) is 18.4 Å². The number of halogens is 4. The van der Waals surface area contributed by atoms with Gasteiger partial charge >= 0.3 is 0 Å². The van der Waals surface area contributed by atoms with Crippen LogP contribution in [0.3, 0.4) is 0 Å². The van der Waals surface area contributed by atoms with Crippen molar-refractivity contribution in [3.05, 3.63) is 75.5 Å². The smallest absolute Gasteiger partial charge is 0.264 e. The van der Waals surface area contributed by atoms with Crippen molar-refractivity contribution in [1.82, 2.24) is 19.9 Å². The van der Waals surface area contributed by atoms with Crippen molar-refractivity contribution in [1.29, 1.82) is 0 Å². The lowest BCUT2D eigenvalue weighted by Gasteiger charge is -2.40. The molecule has 4 heterocycles. The average Bonchev–Trinajstić information content (AvgIpc) is 3.00. The molecule has 1 aromatic carbocycles. The van der Waals surface area contributed by atoms with Crippen LogP contribution in [0, 0.1) is 11.6 Å². The van der Waals surface area contributed by atoms with Crippen LogP contribution < -0.4 is 25.4 Å². The zero-order valence-electron chi connectivity index (χ0n) is 23.8. The van der Waals surface area contributed by atoms with E-state index in [0.29, 0.717) is 49.5 Å². The molecule has 10 nitrogen and oxygen atoms in total. The Labute approximate surface area is 245 Å². The standard InChI is InChI=1S/C29H31F4N7O3/c1-16-15-40(9-8-38(16)2)22-11-21(30)24(17-4-6-39(7-5-17)29-35-12-18(43-3)13-36-29)25(31)26(22)37-28(42)20-14-34-23(41)10-19(20)27(32)33/h4,10-14,16,27H,5-9,15H2,1-3H3,(H,34,41)(H,37,42). The number of hydrogen-bond donors (Lipinski definition) is 2. The van der Waals surface area contributed by atoms with Crippen LogP contribution in [0.2, 0.25) is 0 Å². The van der Waals surface area contributed by atoms with E-state index in [1.54, 1.807) is 11.0 Å². The highest BCUT2D eigenvalue weighted by Gasteiger charge is 2.30. The monoisotopic (exact) mass is 601 g/mol. The van der Waals surface area contributed by atoms with Gasteiger partial charge in [0.1, 0.15) is 11.5 Å². The number of carbonyl (C=O) groups is 1. The normalized spacial score (nSPS) is 17.7. The third-order valence-corrected chi connectivity index (χ3v) is 7.84. The molecule has 2 aliphatic heterocycles. The molecule has 1 fully saturated rings. The van der Waals surface area contributed by atoms with Gasteiger partial charge in [-0.05, 0) is 26.0 Å². The van der Waals surface area contributed by atoms with E-state index in [2.05, 4.69) is 25.2 Å². The Morgan fingerprint density at radius 3 is 2.51 bits per heavy atom. The Balaban J connectivity index is 1.52. The topological polar surface area (TPSA) is 107 Å². The number of alkyl halides is 2. The predicted octanol–water partition coefficient (Wildman–Crippen LogP) is 4.08. The first-order valence-corrected chi connectivity index (χ1v) is 13.7. The van der Waals surface area contributed by atoms with Crippen LogP contribution in [0.25, 0.3) is 5.57 Å². The largest absolute Gasteiger partial charge is 0.494 e. The number of nitrogens with one attached hydrogen (secondary N) is 2. The van der Waals surface area contributed by atoms with Crippen molar-refractivity contribution < 1.29 is 27.1 Å². The first kappa shape index (κ1) is 30.0. The van der Waals surface area contributed by atoms with E-state index in [4.69, 9.17) is 4.74 Å². The Morgan fingerprint density at radius 1 is 1.14 bits per heavy atom. The Bertz CT molecular complexity index is 1600. The molecule has 5 rings (SSSR count). The van der Waals surface area contributed by atoms with Crippen molar-refractivity contribution in [3.63, 3.8) is 0 Å². The predicted molar refractivity (Wildman–Crippen MR) is 154 cm³/mol. The van der Waals surface area contributed by atoms with Crippen molar-refractivity contribution in [2.24, 2.45) is 0 Å². The van der Waals surface area contributed by atoms with E-state index in [0.717, 1.165) is 6.20 Å². The fourth-order valence-electron chi connectivity index (χ4n) is 5.24. The second kappa shape index (κ2) is 12.4. The first-order valence-electron chi connectivity index (χ1n) is 13.7. The molecule has 2 N–H and O–H groups in total. The molecular weight excluding hydrogens is 570 g/mol. The number of likely N-dealkylation sites (N-methyl/N-ethyl adjacent to an activating group) is 1. The van der Waals surface area contributed by atoms with Gasteiger partial charge in [-0.25, -0.2) is 27.5 Å².